The molecule has 0 aliphatic rings. The highest BCUT2D eigenvalue weighted by Crippen LogP contribution is 2.35. The van der Waals surface area contributed by atoms with Gasteiger partial charge in [-0.1, -0.05) is 66.7 Å². The highest BCUT2D eigenvalue weighted by atomic mass is 16.3. The molecule has 3 aromatic carbocycles. The Bertz CT molecular complexity index is 2150. The molecule has 0 spiro atoms. The second-order valence-corrected chi connectivity index (χ2v) is 11.0. The Morgan fingerprint density at radius 3 is 2.44 bits per heavy atom. The lowest BCUT2D eigenvalue weighted by Gasteiger charge is -2.25. The number of nitrogens with two attached hydrogens (primary N) is 1. The van der Waals surface area contributed by atoms with Crippen molar-refractivity contribution in [3.05, 3.63) is 115 Å². The Labute approximate surface area is 259 Å². The van der Waals surface area contributed by atoms with Gasteiger partial charge in [-0.05, 0) is 35.4 Å². The third-order valence-corrected chi connectivity index (χ3v) is 7.84. The molecule has 222 valence electrons. The number of phenolic OH excluding ortho intramolecular Hbond substituents is 1. The number of benzene rings is 3. The van der Waals surface area contributed by atoms with Crippen LogP contribution >= 0.6 is 0 Å². The lowest BCUT2D eigenvalue weighted by molar-refractivity contribution is -0.117. The zero-order valence-electron chi connectivity index (χ0n) is 24.6. The molecule has 10 heteroatoms. The van der Waals surface area contributed by atoms with E-state index < -0.39 is 5.91 Å². The third-order valence-electron chi connectivity index (χ3n) is 7.84. The number of aryl methyl sites for hydroxylation is 1. The van der Waals surface area contributed by atoms with E-state index in [1.165, 1.54) is 0 Å². The van der Waals surface area contributed by atoms with Gasteiger partial charge < -0.3 is 20.3 Å². The molecule has 1 amide bonds. The molecule has 4 aromatic heterocycles. The Morgan fingerprint density at radius 1 is 0.933 bits per heavy atom. The third kappa shape index (κ3) is 5.45. The van der Waals surface area contributed by atoms with Gasteiger partial charge in [-0.3, -0.25) is 9.20 Å². The Kier molecular flexibility index (Phi) is 7.14. The number of anilines is 1. The van der Waals surface area contributed by atoms with E-state index in [4.69, 9.17) is 10.7 Å². The Morgan fingerprint density at radius 2 is 1.71 bits per heavy atom. The average molecular weight is 595 g/mol. The van der Waals surface area contributed by atoms with E-state index in [9.17, 15) is 9.90 Å². The van der Waals surface area contributed by atoms with Crippen molar-refractivity contribution in [2.24, 2.45) is 12.8 Å². The molecule has 0 bridgehead atoms. The van der Waals surface area contributed by atoms with Crippen molar-refractivity contribution >= 4 is 28.1 Å². The van der Waals surface area contributed by atoms with E-state index in [0.717, 1.165) is 44.5 Å². The Hall–Kier alpha value is -6.03. The summed E-state index contributed by atoms with van der Waals surface area (Å²) in [4.78, 5) is 23.2. The number of rotatable bonds is 9. The monoisotopic (exact) mass is 594 g/mol. The number of para-hydroxylation sites is 2. The standard InChI is InChI=1S/C35H30N8O2/c1-41-21-29(37-22-41)35-40-39-34-27-19-26(24-7-3-2-4-8-24)33(38-28(27)15-18-43(34)35)25-13-11-23(12-14-25)20-42(17-16-32(36)45)30-9-5-6-10-31(30)44/h2-15,18-19,21-22,44H,16-17,20H2,1H3,(H2,36,45). The first-order chi connectivity index (χ1) is 21.9. The maximum absolute atomic E-state index is 11.6. The maximum atomic E-state index is 11.6. The maximum Gasteiger partial charge on any atom is 0.219 e. The van der Waals surface area contributed by atoms with Crippen LogP contribution in [0.2, 0.25) is 0 Å². The van der Waals surface area contributed by atoms with Gasteiger partial charge in [0.25, 0.3) is 0 Å². The molecule has 0 saturated heterocycles. The van der Waals surface area contributed by atoms with Crippen LogP contribution in [0.3, 0.4) is 0 Å². The van der Waals surface area contributed by atoms with Crippen LogP contribution in [-0.2, 0) is 18.4 Å². The number of imidazole rings is 1. The SMILES string of the molecule is Cn1cnc(-c2nnc3c4cc(-c5ccccc5)c(-c5ccc(CN(CCC(N)=O)c6ccccc6O)cc5)nc4ccn23)c1. The first-order valence-electron chi connectivity index (χ1n) is 14.6. The van der Waals surface area contributed by atoms with Crippen molar-refractivity contribution in [1.82, 2.24) is 29.1 Å². The van der Waals surface area contributed by atoms with Gasteiger partial charge in [0.1, 0.15) is 11.4 Å². The summed E-state index contributed by atoms with van der Waals surface area (Å²) in [7, 11) is 1.92. The van der Waals surface area contributed by atoms with Crippen molar-refractivity contribution in [2.45, 2.75) is 13.0 Å². The average Bonchev–Trinajstić information content (AvgIpc) is 3.69. The van der Waals surface area contributed by atoms with Gasteiger partial charge in [-0.2, -0.15) is 0 Å². The molecule has 0 fully saturated rings. The van der Waals surface area contributed by atoms with Crippen LogP contribution in [0.15, 0.2) is 110 Å². The number of hydrogen-bond acceptors (Lipinski definition) is 7. The second-order valence-electron chi connectivity index (χ2n) is 11.0. The smallest absolute Gasteiger partial charge is 0.219 e. The number of primary amides is 1. The van der Waals surface area contributed by atoms with Crippen molar-refractivity contribution in [3.63, 3.8) is 0 Å². The van der Waals surface area contributed by atoms with Crippen LogP contribution in [0.1, 0.15) is 12.0 Å². The van der Waals surface area contributed by atoms with E-state index in [1.54, 1.807) is 18.5 Å². The van der Waals surface area contributed by atoms with Crippen LogP contribution < -0.4 is 10.6 Å². The first kappa shape index (κ1) is 27.8. The van der Waals surface area contributed by atoms with Crippen molar-refractivity contribution < 1.29 is 9.90 Å². The number of carbonyl (C=O) groups excluding carboxylic acids is 1. The second kappa shape index (κ2) is 11.6. The predicted octanol–water partition coefficient (Wildman–Crippen LogP) is 5.60. The highest BCUT2D eigenvalue weighted by Gasteiger charge is 2.18. The van der Waals surface area contributed by atoms with Gasteiger partial charge in [-0.15, -0.1) is 10.2 Å². The minimum Gasteiger partial charge on any atom is -0.506 e. The van der Waals surface area contributed by atoms with Gasteiger partial charge >= 0.3 is 0 Å². The zero-order valence-corrected chi connectivity index (χ0v) is 24.6. The minimum atomic E-state index is -0.391. The molecule has 0 aliphatic carbocycles. The molecule has 0 unspecified atom stereocenters. The molecule has 0 saturated carbocycles. The number of phenols is 1. The van der Waals surface area contributed by atoms with Crippen LogP contribution in [0, 0.1) is 0 Å². The predicted molar refractivity (Wildman–Crippen MR) is 174 cm³/mol. The van der Waals surface area contributed by atoms with Gasteiger partial charge in [-0.25, -0.2) is 9.97 Å². The minimum absolute atomic E-state index is 0.153. The molecule has 4 heterocycles. The van der Waals surface area contributed by atoms with Gasteiger partial charge in [0, 0.05) is 55.5 Å². The largest absolute Gasteiger partial charge is 0.506 e. The van der Waals surface area contributed by atoms with Crippen molar-refractivity contribution in [1.29, 1.82) is 0 Å². The number of aromatic hydroxyl groups is 1. The fraction of sp³-hybridized carbons (Fsp3) is 0.114. The quantitative estimate of drug-likeness (QED) is 0.223. The van der Waals surface area contributed by atoms with Crippen LogP contribution in [-0.4, -0.2) is 46.7 Å². The first-order valence-corrected chi connectivity index (χ1v) is 14.6. The van der Waals surface area contributed by atoms with E-state index in [1.807, 2.05) is 81.8 Å². The fourth-order valence-corrected chi connectivity index (χ4v) is 5.61. The number of aromatic nitrogens is 6. The lowest BCUT2D eigenvalue weighted by Crippen LogP contribution is -2.27. The molecule has 10 nitrogen and oxygen atoms in total. The summed E-state index contributed by atoms with van der Waals surface area (Å²) in [6.07, 6.45) is 5.77. The number of pyridine rings is 2. The Balaban J connectivity index is 1.28. The van der Waals surface area contributed by atoms with E-state index in [2.05, 4.69) is 45.5 Å². The molecule has 7 rings (SSSR count). The summed E-state index contributed by atoms with van der Waals surface area (Å²) >= 11 is 0. The number of amides is 1. The molecular weight excluding hydrogens is 564 g/mol. The van der Waals surface area contributed by atoms with E-state index in [-0.39, 0.29) is 12.2 Å². The van der Waals surface area contributed by atoms with Crippen molar-refractivity contribution in [2.75, 3.05) is 11.4 Å². The van der Waals surface area contributed by atoms with Crippen LogP contribution in [0.5, 0.6) is 5.75 Å². The van der Waals surface area contributed by atoms with Crippen LogP contribution in [0.25, 0.3) is 50.5 Å². The number of hydrogen-bond donors (Lipinski definition) is 2. The van der Waals surface area contributed by atoms with Gasteiger partial charge in [0.15, 0.2) is 11.5 Å². The van der Waals surface area contributed by atoms with Crippen molar-refractivity contribution in [3.8, 4) is 39.7 Å². The van der Waals surface area contributed by atoms with Gasteiger partial charge in [0.2, 0.25) is 5.91 Å². The summed E-state index contributed by atoms with van der Waals surface area (Å²) in [6, 6.07) is 29.6. The summed E-state index contributed by atoms with van der Waals surface area (Å²) in [5.41, 5.74) is 13.2. The molecule has 45 heavy (non-hydrogen) atoms. The highest BCUT2D eigenvalue weighted by molar-refractivity contribution is 5.98. The fourth-order valence-electron chi connectivity index (χ4n) is 5.61. The topological polar surface area (TPSA) is 127 Å². The van der Waals surface area contributed by atoms with E-state index in [0.29, 0.717) is 30.2 Å². The molecule has 7 aromatic rings. The van der Waals surface area contributed by atoms with E-state index >= 15 is 0 Å². The summed E-state index contributed by atoms with van der Waals surface area (Å²) in [5, 5.41) is 20.4. The summed E-state index contributed by atoms with van der Waals surface area (Å²) < 4.78 is 3.83. The van der Waals surface area contributed by atoms with Crippen LogP contribution in [0.4, 0.5) is 5.69 Å². The number of fused-ring (bicyclic) bond motifs is 3. The van der Waals surface area contributed by atoms with Gasteiger partial charge in [0.05, 0.1) is 23.2 Å². The summed E-state index contributed by atoms with van der Waals surface area (Å²) in [5.74, 6) is 0.431. The number of nitrogens with zero attached hydrogens (tertiary/aromatic N) is 7. The molecule has 0 atom stereocenters. The summed E-state index contributed by atoms with van der Waals surface area (Å²) in [6.45, 7) is 0.878. The molecule has 3 N–H and O–H groups in total. The normalized spacial score (nSPS) is 11.3. The molecular formula is C35H30N8O2. The molecule has 0 aliphatic heterocycles. The molecule has 0 radical (unpaired) electrons. The number of carbonyl (C=O) groups is 1. The lowest BCUT2D eigenvalue weighted by atomic mass is 9.97. The zero-order chi connectivity index (χ0) is 30.9.